The molecule has 0 amide bonds. The SMILES string of the molecule is Cc1cc(C=CCCO)cc(C(F)(F)F)c1. The predicted molar refractivity (Wildman–Crippen MR) is 56.9 cm³/mol. The summed E-state index contributed by atoms with van der Waals surface area (Å²) < 4.78 is 37.4. The van der Waals surface area contributed by atoms with Crippen molar-refractivity contribution in [2.45, 2.75) is 19.5 Å². The van der Waals surface area contributed by atoms with Crippen LogP contribution in [0.5, 0.6) is 0 Å². The lowest BCUT2D eigenvalue weighted by Gasteiger charge is -2.08. The lowest BCUT2D eigenvalue weighted by molar-refractivity contribution is -0.137. The third kappa shape index (κ3) is 3.70. The number of hydrogen-bond acceptors (Lipinski definition) is 1. The molecule has 1 nitrogen and oxygen atoms in total. The van der Waals surface area contributed by atoms with E-state index in [0.717, 1.165) is 12.1 Å². The molecule has 0 unspecified atom stereocenters. The molecule has 0 aliphatic rings. The minimum absolute atomic E-state index is 0.00551. The van der Waals surface area contributed by atoms with Gasteiger partial charge in [0.15, 0.2) is 0 Å². The number of hydrogen-bond donors (Lipinski definition) is 1. The maximum atomic E-state index is 12.5. The number of benzene rings is 1. The van der Waals surface area contributed by atoms with E-state index in [1.165, 1.54) is 0 Å². The first kappa shape index (κ1) is 12.8. The third-order valence-electron chi connectivity index (χ3n) is 2.03. The molecule has 88 valence electrons. The molecule has 0 heterocycles. The zero-order chi connectivity index (χ0) is 12.2. The second-order valence-electron chi connectivity index (χ2n) is 3.54. The van der Waals surface area contributed by atoms with Crippen LogP contribution in [0.4, 0.5) is 13.2 Å². The molecule has 0 saturated heterocycles. The van der Waals surface area contributed by atoms with Crippen LogP contribution >= 0.6 is 0 Å². The van der Waals surface area contributed by atoms with Gasteiger partial charge in [-0.1, -0.05) is 18.2 Å². The molecule has 0 aliphatic carbocycles. The van der Waals surface area contributed by atoms with E-state index >= 15 is 0 Å². The van der Waals surface area contributed by atoms with E-state index in [2.05, 4.69) is 0 Å². The topological polar surface area (TPSA) is 20.2 Å². The van der Waals surface area contributed by atoms with Gasteiger partial charge in [0.25, 0.3) is 0 Å². The minimum Gasteiger partial charge on any atom is -0.396 e. The number of halogens is 3. The number of aliphatic hydroxyl groups is 1. The molecule has 1 N–H and O–H groups in total. The summed E-state index contributed by atoms with van der Waals surface area (Å²) in [6.45, 7) is 1.62. The average Bonchev–Trinajstić information content (AvgIpc) is 2.16. The Morgan fingerprint density at radius 1 is 1.25 bits per heavy atom. The quantitative estimate of drug-likeness (QED) is 0.843. The maximum absolute atomic E-state index is 12.5. The van der Waals surface area contributed by atoms with Crippen molar-refractivity contribution in [3.8, 4) is 0 Å². The molecule has 0 saturated carbocycles. The van der Waals surface area contributed by atoms with Crippen molar-refractivity contribution in [2.24, 2.45) is 0 Å². The molecule has 0 radical (unpaired) electrons. The second-order valence-corrected chi connectivity index (χ2v) is 3.54. The van der Waals surface area contributed by atoms with Gasteiger partial charge in [-0.15, -0.1) is 0 Å². The molecule has 0 fully saturated rings. The van der Waals surface area contributed by atoms with E-state index in [9.17, 15) is 13.2 Å². The van der Waals surface area contributed by atoms with E-state index in [0.29, 0.717) is 17.5 Å². The van der Waals surface area contributed by atoms with Crippen molar-refractivity contribution < 1.29 is 18.3 Å². The summed E-state index contributed by atoms with van der Waals surface area (Å²) in [7, 11) is 0. The Balaban J connectivity index is 2.99. The van der Waals surface area contributed by atoms with Crippen LogP contribution in [0.1, 0.15) is 23.1 Å². The molecule has 16 heavy (non-hydrogen) atoms. The summed E-state index contributed by atoms with van der Waals surface area (Å²) in [6, 6.07) is 3.88. The largest absolute Gasteiger partial charge is 0.416 e. The highest BCUT2D eigenvalue weighted by Gasteiger charge is 2.30. The van der Waals surface area contributed by atoms with Gasteiger partial charge in [-0.2, -0.15) is 13.2 Å². The van der Waals surface area contributed by atoms with Crippen LogP contribution in [0.25, 0.3) is 6.08 Å². The normalized spacial score (nSPS) is 12.3. The zero-order valence-electron chi connectivity index (χ0n) is 8.88. The van der Waals surface area contributed by atoms with E-state index < -0.39 is 11.7 Å². The lowest BCUT2D eigenvalue weighted by atomic mass is 10.1. The Bertz CT molecular complexity index is 380. The highest BCUT2D eigenvalue weighted by molar-refractivity contribution is 5.52. The Morgan fingerprint density at radius 2 is 1.94 bits per heavy atom. The molecular formula is C12H13F3O. The van der Waals surface area contributed by atoms with Crippen molar-refractivity contribution in [2.75, 3.05) is 6.61 Å². The Labute approximate surface area is 92.2 Å². The molecule has 0 spiro atoms. The van der Waals surface area contributed by atoms with E-state index in [-0.39, 0.29) is 6.61 Å². The van der Waals surface area contributed by atoms with Gasteiger partial charge in [-0.3, -0.25) is 0 Å². The van der Waals surface area contributed by atoms with Crippen LogP contribution < -0.4 is 0 Å². The van der Waals surface area contributed by atoms with Crippen molar-refractivity contribution in [1.29, 1.82) is 0 Å². The number of aryl methyl sites for hydroxylation is 1. The average molecular weight is 230 g/mol. The first-order valence-electron chi connectivity index (χ1n) is 4.90. The van der Waals surface area contributed by atoms with Gasteiger partial charge in [0.05, 0.1) is 5.56 Å². The first-order chi connectivity index (χ1) is 7.43. The van der Waals surface area contributed by atoms with Gasteiger partial charge >= 0.3 is 6.18 Å². The van der Waals surface area contributed by atoms with Crippen LogP contribution in [0.3, 0.4) is 0 Å². The van der Waals surface area contributed by atoms with Gasteiger partial charge in [0.1, 0.15) is 0 Å². The number of aliphatic hydroxyl groups excluding tert-OH is 1. The van der Waals surface area contributed by atoms with Gasteiger partial charge < -0.3 is 5.11 Å². The van der Waals surface area contributed by atoms with E-state index in [4.69, 9.17) is 5.11 Å². The lowest BCUT2D eigenvalue weighted by Crippen LogP contribution is -2.05. The Morgan fingerprint density at radius 3 is 2.50 bits per heavy atom. The molecule has 4 heteroatoms. The van der Waals surface area contributed by atoms with Crippen molar-refractivity contribution in [3.63, 3.8) is 0 Å². The molecule has 0 atom stereocenters. The fraction of sp³-hybridized carbons (Fsp3) is 0.333. The summed E-state index contributed by atoms with van der Waals surface area (Å²) in [5, 5.41) is 8.55. The van der Waals surface area contributed by atoms with Gasteiger partial charge in [-0.05, 0) is 36.6 Å². The summed E-state index contributed by atoms with van der Waals surface area (Å²) in [5.41, 5.74) is 0.426. The van der Waals surface area contributed by atoms with Gasteiger partial charge in [0, 0.05) is 6.61 Å². The van der Waals surface area contributed by atoms with Gasteiger partial charge in [-0.25, -0.2) is 0 Å². The molecular weight excluding hydrogens is 217 g/mol. The maximum Gasteiger partial charge on any atom is 0.416 e. The smallest absolute Gasteiger partial charge is 0.396 e. The van der Waals surface area contributed by atoms with Crippen LogP contribution in [-0.2, 0) is 6.18 Å². The van der Waals surface area contributed by atoms with Crippen molar-refractivity contribution >= 4 is 6.08 Å². The van der Waals surface area contributed by atoms with E-state index in [1.807, 2.05) is 0 Å². The summed E-state index contributed by atoms with van der Waals surface area (Å²) in [5.74, 6) is 0. The molecule has 0 aliphatic heterocycles. The zero-order valence-corrected chi connectivity index (χ0v) is 8.88. The van der Waals surface area contributed by atoms with Crippen molar-refractivity contribution in [1.82, 2.24) is 0 Å². The summed E-state index contributed by atoms with van der Waals surface area (Å²) in [6.07, 6.45) is -0.645. The van der Waals surface area contributed by atoms with Gasteiger partial charge in [0.2, 0.25) is 0 Å². The number of rotatable bonds is 3. The second kappa shape index (κ2) is 5.16. The molecule has 1 aromatic carbocycles. The van der Waals surface area contributed by atoms with Crippen molar-refractivity contribution in [3.05, 3.63) is 41.0 Å². The molecule has 0 bridgehead atoms. The summed E-state index contributed by atoms with van der Waals surface area (Å²) in [4.78, 5) is 0. The third-order valence-corrected chi connectivity index (χ3v) is 2.03. The highest BCUT2D eigenvalue weighted by Crippen LogP contribution is 2.30. The Kier molecular flexibility index (Phi) is 4.12. The minimum atomic E-state index is -4.31. The van der Waals surface area contributed by atoms with Crippen LogP contribution in [-0.4, -0.2) is 11.7 Å². The Hall–Kier alpha value is -1.29. The summed E-state index contributed by atoms with van der Waals surface area (Å²) >= 11 is 0. The van der Waals surface area contributed by atoms with Crippen LogP contribution in [0.2, 0.25) is 0 Å². The first-order valence-corrected chi connectivity index (χ1v) is 4.90. The fourth-order valence-electron chi connectivity index (χ4n) is 1.37. The predicted octanol–water partition coefficient (Wildman–Crippen LogP) is 3.41. The van der Waals surface area contributed by atoms with Crippen LogP contribution in [0, 0.1) is 6.92 Å². The molecule has 1 aromatic rings. The monoisotopic (exact) mass is 230 g/mol. The van der Waals surface area contributed by atoms with Crippen LogP contribution in [0.15, 0.2) is 24.3 Å². The standard InChI is InChI=1S/C12H13F3O/c1-9-6-10(4-2-3-5-16)8-11(7-9)12(13,14)15/h2,4,6-8,16H,3,5H2,1H3. The van der Waals surface area contributed by atoms with E-state index in [1.54, 1.807) is 25.1 Å². The highest BCUT2D eigenvalue weighted by atomic mass is 19.4. The molecule has 0 aromatic heterocycles. The molecule has 1 rings (SSSR count). The number of alkyl halides is 3. The fourth-order valence-corrected chi connectivity index (χ4v) is 1.37.